The minimum Gasteiger partial charge on any atom is -0.371 e. The van der Waals surface area contributed by atoms with Gasteiger partial charge in [0.25, 0.3) is 0 Å². The van der Waals surface area contributed by atoms with E-state index in [0.717, 1.165) is 13.1 Å². The predicted molar refractivity (Wildman–Crippen MR) is 89.4 cm³/mol. The van der Waals surface area contributed by atoms with Crippen molar-refractivity contribution in [1.82, 2.24) is 5.32 Å². The van der Waals surface area contributed by atoms with Gasteiger partial charge in [0.15, 0.2) is 0 Å². The van der Waals surface area contributed by atoms with Gasteiger partial charge in [-0.15, -0.1) is 0 Å². The fraction of sp³-hybridized carbons (Fsp3) is 0.625. The number of anilines is 1. The number of rotatable bonds is 8. The molecule has 0 radical (unpaired) electrons. The summed E-state index contributed by atoms with van der Waals surface area (Å²) in [5.74, 6) is 1.18. The van der Waals surface area contributed by atoms with Gasteiger partial charge in [-0.25, -0.2) is 0 Å². The average molecular weight is 280 g/mol. The van der Waals surface area contributed by atoms with Crippen LogP contribution < -0.4 is 10.2 Å². The molecule has 0 aliphatic carbocycles. The molecule has 0 aromatic heterocycles. The van der Waals surface area contributed by atoms with Crippen molar-refractivity contribution in [2.24, 2.45) is 0 Å². The number of hydrogen-bond donors (Lipinski definition) is 1. The molecule has 1 rings (SSSR count). The number of benzene rings is 1. The molecule has 0 aliphatic heterocycles. The molecule has 1 aromatic carbocycles. The minimum absolute atomic E-state index is 0.609. The largest absolute Gasteiger partial charge is 0.371 e. The van der Waals surface area contributed by atoms with Crippen LogP contribution in [0.25, 0.3) is 0 Å². The molecule has 0 saturated heterocycles. The zero-order chi connectivity index (χ0) is 14.3. The van der Waals surface area contributed by atoms with Crippen LogP contribution in [0, 0.1) is 6.92 Å². The van der Waals surface area contributed by atoms with Gasteiger partial charge in [0.05, 0.1) is 0 Å². The molecule has 0 heterocycles. The van der Waals surface area contributed by atoms with Crippen molar-refractivity contribution < 1.29 is 0 Å². The molecule has 3 heteroatoms. The Bertz CT molecular complexity index is 379. The second-order valence-electron chi connectivity index (χ2n) is 5.04. The summed E-state index contributed by atoms with van der Waals surface area (Å²) in [6.07, 6.45) is 3.37. The Hall–Kier alpha value is -0.670. The summed E-state index contributed by atoms with van der Waals surface area (Å²) < 4.78 is 0. The van der Waals surface area contributed by atoms with Crippen LogP contribution in [-0.4, -0.2) is 31.6 Å². The maximum Gasteiger partial charge on any atom is 0.0412 e. The molecule has 1 N–H and O–H groups in total. The Labute approximate surface area is 123 Å². The molecule has 2 nitrogen and oxygen atoms in total. The maximum atomic E-state index is 3.44. The number of aryl methyl sites for hydroxylation is 1. The summed E-state index contributed by atoms with van der Waals surface area (Å²) in [5.41, 5.74) is 4.11. The Morgan fingerprint density at radius 1 is 1.32 bits per heavy atom. The highest BCUT2D eigenvalue weighted by Gasteiger charge is 2.15. The van der Waals surface area contributed by atoms with E-state index < -0.39 is 0 Å². The van der Waals surface area contributed by atoms with Crippen molar-refractivity contribution in [3.05, 3.63) is 29.3 Å². The van der Waals surface area contributed by atoms with E-state index in [2.05, 4.69) is 62.5 Å². The van der Waals surface area contributed by atoms with E-state index in [-0.39, 0.29) is 0 Å². The van der Waals surface area contributed by atoms with Gasteiger partial charge in [-0.1, -0.05) is 31.5 Å². The lowest BCUT2D eigenvalue weighted by Crippen LogP contribution is -2.34. The first kappa shape index (κ1) is 16.4. The highest BCUT2D eigenvalue weighted by atomic mass is 32.2. The van der Waals surface area contributed by atoms with Crippen molar-refractivity contribution in [3.63, 3.8) is 0 Å². The second-order valence-corrected chi connectivity index (χ2v) is 5.95. The van der Waals surface area contributed by atoms with E-state index in [1.165, 1.54) is 29.0 Å². The van der Waals surface area contributed by atoms with Crippen LogP contribution in [0.1, 0.15) is 31.4 Å². The first-order valence-electron chi connectivity index (χ1n) is 7.16. The third-order valence-corrected chi connectivity index (χ3v) is 4.28. The van der Waals surface area contributed by atoms with Crippen LogP contribution >= 0.6 is 11.8 Å². The fourth-order valence-corrected chi connectivity index (χ4v) is 3.20. The van der Waals surface area contributed by atoms with Crippen molar-refractivity contribution in [3.8, 4) is 0 Å². The third kappa shape index (κ3) is 4.73. The lowest BCUT2D eigenvalue weighted by Gasteiger charge is -2.31. The van der Waals surface area contributed by atoms with Crippen LogP contribution in [0.15, 0.2) is 18.2 Å². The molecule has 108 valence electrons. The second kappa shape index (κ2) is 8.49. The van der Waals surface area contributed by atoms with Gasteiger partial charge >= 0.3 is 0 Å². The zero-order valence-electron chi connectivity index (χ0n) is 13.0. The molecular weight excluding hydrogens is 252 g/mol. The van der Waals surface area contributed by atoms with Gasteiger partial charge in [-0.05, 0) is 37.8 Å². The van der Waals surface area contributed by atoms with Crippen molar-refractivity contribution in [2.45, 2.75) is 39.8 Å². The molecule has 0 saturated carbocycles. The minimum atomic E-state index is 0.609. The van der Waals surface area contributed by atoms with Crippen LogP contribution in [0.5, 0.6) is 0 Å². The van der Waals surface area contributed by atoms with Crippen molar-refractivity contribution >= 4 is 17.4 Å². The van der Waals surface area contributed by atoms with Crippen LogP contribution in [0.2, 0.25) is 0 Å². The molecule has 0 fully saturated rings. The molecule has 19 heavy (non-hydrogen) atoms. The predicted octanol–water partition coefficient (Wildman–Crippen LogP) is 3.68. The van der Waals surface area contributed by atoms with Crippen LogP contribution in [0.3, 0.4) is 0 Å². The van der Waals surface area contributed by atoms with E-state index in [1.54, 1.807) is 0 Å². The molecule has 1 aromatic rings. The molecule has 1 atom stereocenters. The summed E-state index contributed by atoms with van der Waals surface area (Å²) in [6, 6.07) is 7.40. The first-order valence-corrected chi connectivity index (χ1v) is 8.55. The van der Waals surface area contributed by atoms with Crippen LogP contribution in [-0.2, 0) is 6.54 Å². The first-order chi connectivity index (χ1) is 9.13. The smallest absolute Gasteiger partial charge is 0.0412 e. The van der Waals surface area contributed by atoms with E-state index >= 15 is 0 Å². The van der Waals surface area contributed by atoms with Gasteiger partial charge in [-0.3, -0.25) is 0 Å². The quantitative estimate of drug-likeness (QED) is 0.782. The van der Waals surface area contributed by atoms with E-state index in [1.807, 2.05) is 11.8 Å². The number of nitrogens with one attached hydrogen (secondary N) is 1. The van der Waals surface area contributed by atoms with E-state index in [0.29, 0.717) is 6.04 Å². The van der Waals surface area contributed by atoms with Gasteiger partial charge in [0.2, 0.25) is 0 Å². The lowest BCUT2D eigenvalue weighted by molar-refractivity contribution is 0.663. The van der Waals surface area contributed by atoms with Crippen molar-refractivity contribution in [2.75, 3.05) is 30.5 Å². The summed E-state index contributed by atoms with van der Waals surface area (Å²) in [4.78, 5) is 2.45. The Morgan fingerprint density at radius 2 is 2.05 bits per heavy atom. The number of thioether (sulfide) groups is 1. The topological polar surface area (TPSA) is 15.3 Å². The standard InChI is InChI=1S/C16H28N2S/c1-6-15(12-19-5)18(4)16-9-8-13(3)10-14(16)11-17-7-2/h8-10,15,17H,6-7,11-12H2,1-5H3. The van der Waals surface area contributed by atoms with Gasteiger partial charge in [0.1, 0.15) is 0 Å². The molecule has 0 aliphatic rings. The van der Waals surface area contributed by atoms with Gasteiger partial charge < -0.3 is 10.2 Å². The SMILES string of the molecule is CCNCc1cc(C)ccc1N(C)C(CC)CSC. The molecule has 0 amide bonds. The Morgan fingerprint density at radius 3 is 2.63 bits per heavy atom. The Kier molecular flexibility index (Phi) is 7.32. The van der Waals surface area contributed by atoms with E-state index in [9.17, 15) is 0 Å². The normalized spacial score (nSPS) is 12.5. The molecule has 1 unspecified atom stereocenters. The monoisotopic (exact) mass is 280 g/mol. The summed E-state index contributed by atoms with van der Waals surface area (Å²) in [6.45, 7) is 8.56. The lowest BCUT2D eigenvalue weighted by atomic mass is 10.1. The highest BCUT2D eigenvalue weighted by molar-refractivity contribution is 7.98. The average Bonchev–Trinajstić information content (AvgIpc) is 2.42. The molecular formula is C16H28N2S. The Balaban J connectivity index is 2.96. The van der Waals surface area contributed by atoms with Crippen LogP contribution in [0.4, 0.5) is 5.69 Å². The summed E-state index contributed by atoms with van der Waals surface area (Å²) >= 11 is 1.93. The maximum absolute atomic E-state index is 3.44. The van der Waals surface area contributed by atoms with Gasteiger partial charge in [0, 0.05) is 31.1 Å². The summed E-state index contributed by atoms with van der Waals surface area (Å²) in [5, 5.41) is 3.44. The highest BCUT2D eigenvalue weighted by Crippen LogP contribution is 2.24. The number of nitrogens with zero attached hydrogens (tertiary/aromatic N) is 1. The van der Waals surface area contributed by atoms with Gasteiger partial charge in [-0.2, -0.15) is 11.8 Å². The summed E-state index contributed by atoms with van der Waals surface area (Å²) in [7, 11) is 2.23. The van der Waals surface area contributed by atoms with E-state index in [4.69, 9.17) is 0 Å². The molecule has 0 bridgehead atoms. The fourth-order valence-electron chi connectivity index (χ4n) is 2.35. The number of hydrogen-bond acceptors (Lipinski definition) is 3. The van der Waals surface area contributed by atoms with Crippen molar-refractivity contribution in [1.29, 1.82) is 0 Å². The zero-order valence-corrected chi connectivity index (χ0v) is 13.8. The third-order valence-electron chi connectivity index (χ3n) is 3.56. The molecule has 0 spiro atoms.